The highest BCUT2D eigenvalue weighted by atomic mass is 32.1. The van der Waals surface area contributed by atoms with Crippen molar-refractivity contribution in [2.24, 2.45) is 0 Å². The molecule has 0 saturated carbocycles. The number of aliphatic hydroxyl groups is 1. The molecule has 0 radical (unpaired) electrons. The Hall–Kier alpha value is -4.51. The minimum absolute atomic E-state index is 0.00827. The molecule has 1 fully saturated rings. The maximum absolute atomic E-state index is 13.5. The number of carbonyl (C=O) groups excluding carboxylic acids is 3. The second-order valence-electron chi connectivity index (χ2n) is 8.28. The molecule has 4 rings (SSSR count). The molecule has 2 aromatic heterocycles. The Kier molecular flexibility index (Phi) is 8.40. The van der Waals surface area contributed by atoms with Gasteiger partial charge in [-0.05, 0) is 50.6 Å². The van der Waals surface area contributed by atoms with E-state index >= 15 is 0 Å². The summed E-state index contributed by atoms with van der Waals surface area (Å²) in [6.45, 7) is 9.57. The molecule has 1 amide bonds. The summed E-state index contributed by atoms with van der Waals surface area (Å²) >= 11 is 0.918. The quantitative estimate of drug-likeness (QED) is 0.127. The molecule has 11 heteroatoms. The lowest BCUT2D eigenvalue weighted by atomic mass is 9.95. The van der Waals surface area contributed by atoms with Crippen LogP contribution in [0.2, 0.25) is 0 Å². The summed E-state index contributed by atoms with van der Waals surface area (Å²) in [6.07, 6.45) is 4.37. The van der Waals surface area contributed by atoms with Crippen LogP contribution in [0.4, 0.5) is 5.13 Å². The predicted molar refractivity (Wildman–Crippen MR) is 145 cm³/mol. The van der Waals surface area contributed by atoms with Crippen molar-refractivity contribution < 1.29 is 33.7 Å². The van der Waals surface area contributed by atoms with Gasteiger partial charge in [0, 0.05) is 18.0 Å². The third kappa shape index (κ3) is 5.39. The van der Waals surface area contributed by atoms with E-state index in [9.17, 15) is 19.5 Å². The van der Waals surface area contributed by atoms with Crippen LogP contribution in [0.5, 0.6) is 11.5 Å². The number of rotatable bonds is 10. The van der Waals surface area contributed by atoms with Crippen molar-refractivity contribution in [2.75, 3.05) is 24.7 Å². The van der Waals surface area contributed by atoms with E-state index in [1.54, 1.807) is 25.1 Å². The highest BCUT2D eigenvalue weighted by molar-refractivity contribution is 7.17. The Morgan fingerprint density at radius 3 is 2.49 bits per heavy atom. The third-order valence-electron chi connectivity index (χ3n) is 5.79. The van der Waals surface area contributed by atoms with Gasteiger partial charge in [0.15, 0.2) is 16.6 Å². The molecule has 0 bridgehead atoms. The highest BCUT2D eigenvalue weighted by Gasteiger charge is 2.48. The number of ketones is 1. The molecule has 0 spiro atoms. The first kappa shape index (κ1) is 27.5. The van der Waals surface area contributed by atoms with Crippen LogP contribution in [0.1, 0.15) is 46.4 Å². The standard InChI is InChI=1S/C28H27N3O7S/c1-5-14-38-27(35)25-16(4)30-28(39-25)31-22(18-8-9-19(36-6-2)20(15-18)37-7-3)21(24(33)26(31)34)23(32)17-10-12-29-13-11-17/h5,8-13,15,22,32H,1,6-7,14H2,2-4H3. The van der Waals surface area contributed by atoms with E-state index in [2.05, 4.69) is 16.5 Å². The number of carbonyl (C=O) groups is 3. The van der Waals surface area contributed by atoms with E-state index in [-0.39, 0.29) is 27.9 Å². The Balaban J connectivity index is 1.91. The fourth-order valence-electron chi connectivity index (χ4n) is 4.12. The lowest BCUT2D eigenvalue weighted by Gasteiger charge is -2.24. The summed E-state index contributed by atoms with van der Waals surface area (Å²) in [5.41, 5.74) is 0.982. The zero-order valence-electron chi connectivity index (χ0n) is 21.7. The number of esters is 1. The number of amides is 1. The number of aliphatic hydroxyl groups excluding tert-OH is 1. The van der Waals surface area contributed by atoms with Crippen LogP contribution in [-0.2, 0) is 14.3 Å². The minimum atomic E-state index is -1.07. The molecule has 3 aromatic rings. The summed E-state index contributed by atoms with van der Waals surface area (Å²) in [7, 11) is 0. The van der Waals surface area contributed by atoms with Crippen molar-refractivity contribution in [1.82, 2.24) is 9.97 Å². The molecule has 1 saturated heterocycles. The second-order valence-corrected chi connectivity index (χ2v) is 9.25. The largest absolute Gasteiger partial charge is 0.507 e. The van der Waals surface area contributed by atoms with Gasteiger partial charge in [-0.15, -0.1) is 0 Å². The van der Waals surface area contributed by atoms with Crippen molar-refractivity contribution >= 4 is 39.9 Å². The number of Topliss-reactive ketones (excluding diaryl/α,β-unsaturated/α-hetero) is 1. The summed E-state index contributed by atoms with van der Waals surface area (Å²) in [5.74, 6) is -1.89. The van der Waals surface area contributed by atoms with Gasteiger partial charge in [-0.3, -0.25) is 19.5 Å². The zero-order chi connectivity index (χ0) is 28.1. The van der Waals surface area contributed by atoms with E-state index in [1.165, 1.54) is 35.5 Å². The number of nitrogens with zero attached hydrogens (tertiary/aromatic N) is 3. The molecule has 39 heavy (non-hydrogen) atoms. The Morgan fingerprint density at radius 2 is 1.82 bits per heavy atom. The number of ether oxygens (including phenoxy) is 3. The van der Waals surface area contributed by atoms with Crippen molar-refractivity contribution in [1.29, 1.82) is 0 Å². The molecule has 1 atom stereocenters. The van der Waals surface area contributed by atoms with Crippen molar-refractivity contribution in [3.63, 3.8) is 0 Å². The molecule has 0 aliphatic carbocycles. The van der Waals surface area contributed by atoms with Crippen molar-refractivity contribution in [2.45, 2.75) is 26.8 Å². The minimum Gasteiger partial charge on any atom is -0.507 e. The fraction of sp³-hybridized carbons (Fsp3) is 0.250. The Bertz CT molecular complexity index is 1450. The van der Waals surface area contributed by atoms with Gasteiger partial charge in [0.2, 0.25) is 0 Å². The van der Waals surface area contributed by atoms with Gasteiger partial charge in [-0.25, -0.2) is 9.78 Å². The number of aromatic nitrogens is 2. The van der Waals surface area contributed by atoms with E-state index in [0.717, 1.165) is 11.3 Å². The third-order valence-corrected chi connectivity index (χ3v) is 6.93. The van der Waals surface area contributed by atoms with E-state index in [0.29, 0.717) is 41.5 Å². The first-order chi connectivity index (χ1) is 18.8. The molecule has 1 aliphatic rings. The van der Waals surface area contributed by atoms with Crippen LogP contribution >= 0.6 is 11.3 Å². The number of anilines is 1. The van der Waals surface area contributed by atoms with E-state index in [1.807, 2.05) is 13.8 Å². The van der Waals surface area contributed by atoms with Gasteiger partial charge in [0.1, 0.15) is 17.2 Å². The lowest BCUT2D eigenvalue weighted by Crippen LogP contribution is -2.29. The average molecular weight is 550 g/mol. The summed E-state index contributed by atoms with van der Waals surface area (Å²) in [5, 5.41) is 11.4. The van der Waals surface area contributed by atoms with Gasteiger partial charge in [-0.1, -0.05) is 30.1 Å². The van der Waals surface area contributed by atoms with Crippen LogP contribution in [0.25, 0.3) is 5.76 Å². The van der Waals surface area contributed by atoms with E-state index < -0.39 is 23.7 Å². The molecule has 202 valence electrons. The number of pyridine rings is 1. The van der Waals surface area contributed by atoms with Crippen LogP contribution < -0.4 is 14.4 Å². The average Bonchev–Trinajstić information content (AvgIpc) is 3.45. The summed E-state index contributed by atoms with van der Waals surface area (Å²) in [4.78, 5) is 49.2. The first-order valence-electron chi connectivity index (χ1n) is 12.2. The van der Waals surface area contributed by atoms with Gasteiger partial charge in [0.05, 0.1) is 30.5 Å². The number of hydrogen-bond acceptors (Lipinski definition) is 10. The van der Waals surface area contributed by atoms with Crippen LogP contribution in [-0.4, -0.2) is 52.6 Å². The topological polar surface area (TPSA) is 128 Å². The van der Waals surface area contributed by atoms with Crippen molar-refractivity contribution in [3.05, 3.63) is 82.7 Å². The molecule has 1 unspecified atom stereocenters. The molecule has 1 N–H and O–H groups in total. The number of aryl methyl sites for hydroxylation is 1. The maximum Gasteiger partial charge on any atom is 0.350 e. The number of thiazole rings is 1. The monoisotopic (exact) mass is 549 g/mol. The van der Waals surface area contributed by atoms with Gasteiger partial charge in [0.25, 0.3) is 5.78 Å². The maximum atomic E-state index is 13.5. The smallest absolute Gasteiger partial charge is 0.350 e. The second kappa shape index (κ2) is 11.9. The molecule has 1 aromatic carbocycles. The zero-order valence-corrected chi connectivity index (χ0v) is 22.5. The molecular formula is C28H27N3O7S. The summed E-state index contributed by atoms with van der Waals surface area (Å²) < 4.78 is 16.6. The summed E-state index contributed by atoms with van der Waals surface area (Å²) in [6, 6.07) is 7.03. The van der Waals surface area contributed by atoms with Gasteiger partial charge in [-0.2, -0.15) is 0 Å². The molecule has 3 heterocycles. The van der Waals surface area contributed by atoms with Crippen LogP contribution in [0.3, 0.4) is 0 Å². The molecule has 1 aliphatic heterocycles. The molecule has 10 nitrogen and oxygen atoms in total. The normalized spacial score (nSPS) is 16.3. The van der Waals surface area contributed by atoms with Crippen LogP contribution in [0.15, 0.2) is 61.0 Å². The van der Waals surface area contributed by atoms with E-state index in [4.69, 9.17) is 14.2 Å². The number of hydrogen-bond donors (Lipinski definition) is 1. The van der Waals surface area contributed by atoms with Gasteiger partial charge < -0.3 is 19.3 Å². The lowest BCUT2D eigenvalue weighted by molar-refractivity contribution is -0.132. The Morgan fingerprint density at radius 1 is 1.13 bits per heavy atom. The van der Waals surface area contributed by atoms with Crippen molar-refractivity contribution in [3.8, 4) is 11.5 Å². The predicted octanol–water partition coefficient (Wildman–Crippen LogP) is 4.61. The van der Waals surface area contributed by atoms with Crippen LogP contribution in [0, 0.1) is 6.92 Å². The Labute approximate surface area is 229 Å². The van der Waals surface area contributed by atoms with Gasteiger partial charge >= 0.3 is 11.9 Å². The highest BCUT2D eigenvalue weighted by Crippen LogP contribution is 2.45. The molecular weight excluding hydrogens is 522 g/mol. The SMILES string of the molecule is C=CCOC(=O)c1sc(N2C(=O)C(=O)C(=C(O)c3ccncc3)C2c2ccc(OCC)c(OCC)c2)nc1C. The number of benzene rings is 1. The first-order valence-corrected chi connectivity index (χ1v) is 13.0. The fourth-order valence-corrected chi connectivity index (χ4v) is 5.11.